The molecule has 1 aliphatic rings. The van der Waals surface area contributed by atoms with Crippen LogP contribution in [0.3, 0.4) is 0 Å². The molecule has 33 heavy (non-hydrogen) atoms. The highest BCUT2D eigenvalue weighted by Crippen LogP contribution is 2.33. The van der Waals surface area contributed by atoms with Gasteiger partial charge in [0.2, 0.25) is 10.0 Å². The van der Waals surface area contributed by atoms with E-state index >= 15 is 0 Å². The Bertz CT molecular complexity index is 1190. The summed E-state index contributed by atoms with van der Waals surface area (Å²) in [6.45, 7) is 3.23. The van der Waals surface area contributed by atoms with E-state index in [0.717, 1.165) is 61.2 Å². The number of methoxy groups -OCH3 is 2. The van der Waals surface area contributed by atoms with Crippen molar-refractivity contribution in [3.63, 3.8) is 0 Å². The summed E-state index contributed by atoms with van der Waals surface area (Å²) in [4.78, 5) is 2.75. The normalized spacial score (nSPS) is 13.9. The summed E-state index contributed by atoms with van der Waals surface area (Å²) >= 11 is 0. The summed E-state index contributed by atoms with van der Waals surface area (Å²) in [5.41, 5.74) is 2.58. The van der Waals surface area contributed by atoms with Gasteiger partial charge in [-0.05, 0) is 60.5 Å². The fourth-order valence-corrected chi connectivity index (χ4v) is 5.61. The number of ether oxygens (including phenoxy) is 2. The van der Waals surface area contributed by atoms with Gasteiger partial charge in [0.15, 0.2) is 11.5 Å². The van der Waals surface area contributed by atoms with Crippen LogP contribution in [0.4, 0.5) is 0 Å². The van der Waals surface area contributed by atoms with Crippen LogP contribution < -0.4 is 14.2 Å². The number of nitrogens with one attached hydrogen (secondary N) is 1. The first kappa shape index (κ1) is 25.3. The molecule has 0 saturated carbocycles. The number of benzene rings is 3. The van der Waals surface area contributed by atoms with Gasteiger partial charge < -0.3 is 9.47 Å². The summed E-state index contributed by atoms with van der Waals surface area (Å²) in [5.74, 6) is 1.54. The molecule has 0 aromatic heterocycles. The van der Waals surface area contributed by atoms with Gasteiger partial charge in [-0.2, -0.15) is 0 Å². The van der Waals surface area contributed by atoms with E-state index in [1.165, 1.54) is 11.1 Å². The first-order chi connectivity index (χ1) is 15.5. The minimum atomic E-state index is -3.54. The zero-order valence-electron chi connectivity index (χ0n) is 19.0. The SMILES string of the molecule is COc1cc2c(cc1OC)CN(CCCCNS(=O)(=O)c1cccc3ccccc13)CC2.Cl. The minimum Gasteiger partial charge on any atom is -0.493 e. The van der Waals surface area contributed by atoms with Crippen molar-refractivity contribution in [2.45, 2.75) is 30.7 Å². The maximum absolute atomic E-state index is 12.8. The molecule has 6 nitrogen and oxygen atoms in total. The van der Waals surface area contributed by atoms with Crippen molar-refractivity contribution in [2.24, 2.45) is 0 Å². The lowest BCUT2D eigenvalue weighted by molar-refractivity contribution is 0.248. The van der Waals surface area contributed by atoms with E-state index in [9.17, 15) is 8.42 Å². The summed E-state index contributed by atoms with van der Waals surface area (Å²) in [6.07, 6.45) is 2.70. The zero-order valence-corrected chi connectivity index (χ0v) is 20.7. The third-order valence-electron chi connectivity index (χ3n) is 6.03. The van der Waals surface area contributed by atoms with Crippen molar-refractivity contribution in [1.82, 2.24) is 9.62 Å². The first-order valence-electron chi connectivity index (χ1n) is 11.0. The molecule has 8 heteroatoms. The van der Waals surface area contributed by atoms with Gasteiger partial charge in [-0.1, -0.05) is 36.4 Å². The van der Waals surface area contributed by atoms with Crippen molar-refractivity contribution < 1.29 is 17.9 Å². The molecule has 1 N–H and O–H groups in total. The van der Waals surface area contributed by atoms with Crippen LogP contribution in [-0.4, -0.2) is 47.2 Å². The van der Waals surface area contributed by atoms with Gasteiger partial charge in [0.25, 0.3) is 0 Å². The van der Waals surface area contributed by atoms with Crippen molar-refractivity contribution >= 4 is 33.2 Å². The number of halogens is 1. The van der Waals surface area contributed by atoms with E-state index < -0.39 is 10.0 Å². The maximum atomic E-state index is 12.8. The van der Waals surface area contributed by atoms with Crippen LogP contribution >= 0.6 is 12.4 Å². The fourth-order valence-electron chi connectivity index (χ4n) is 4.31. The van der Waals surface area contributed by atoms with E-state index in [-0.39, 0.29) is 12.4 Å². The van der Waals surface area contributed by atoms with Gasteiger partial charge in [0.1, 0.15) is 0 Å². The predicted molar refractivity (Wildman–Crippen MR) is 134 cm³/mol. The summed E-state index contributed by atoms with van der Waals surface area (Å²) in [6, 6.07) is 17.1. The number of fused-ring (bicyclic) bond motifs is 2. The molecule has 0 atom stereocenters. The van der Waals surface area contributed by atoms with Gasteiger partial charge in [-0.25, -0.2) is 13.1 Å². The first-order valence-corrected chi connectivity index (χ1v) is 12.4. The second-order valence-corrected chi connectivity index (χ2v) is 9.82. The van der Waals surface area contributed by atoms with Crippen LogP contribution in [0.2, 0.25) is 0 Å². The molecule has 4 rings (SSSR count). The van der Waals surface area contributed by atoms with Crippen molar-refractivity contribution in [3.05, 3.63) is 65.7 Å². The molecule has 178 valence electrons. The van der Waals surface area contributed by atoms with E-state index in [0.29, 0.717) is 11.4 Å². The smallest absolute Gasteiger partial charge is 0.241 e. The molecule has 0 spiro atoms. The third-order valence-corrected chi connectivity index (χ3v) is 7.55. The average molecular weight is 491 g/mol. The Kier molecular flexibility index (Phi) is 8.59. The largest absolute Gasteiger partial charge is 0.493 e. The Labute approximate surface area is 202 Å². The zero-order chi connectivity index (χ0) is 22.6. The van der Waals surface area contributed by atoms with Crippen molar-refractivity contribution in [1.29, 1.82) is 0 Å². The topological polar surface area (TPSA) is 67.9 Å². The number of unbranched alkanes of at least 4 members (excludes halogenated alkanes) is 1. The Morgan fingerprint density at radius 3 is 2.39 bits per heavy atom. The second kappa shape index (κ2) is 11.2. The number of nitrogens with zero attached hydrogens (tertiary/aromatic N) is 1. The minimum absolute atomic E-state index is 0. The summed E-state index contributed by atoms with van der Waals surface area (Å²) in [7, 11) is -0.218. The number of rotatable bonds is 9. The van der Waals surface area contributed by atoms with Crippen LogP contribution in [-0.2, 0) is 23.0 Å². The molecule has 0 amide bonds. The van der Waals surface area contributed by atoms with Gasteiger partial charge in [-0.3, -0.25) is 4.90 Å². The Morgan fingerprint density at radius 1 is 0.939 bits per heavy atom. The standard InChI is InChI=1S/C25H30N2O4S.ClH/c1-30-23-16-20-12-15-27(18-21(20)17-24(23)31-2)14-6-5-13-26-32(28,29)25-11-7-9-19-8-3-4-10-22(19)25;/h3-4,7-11,16-17,26H,5-6,12-15,18H2,1-2H3;1H. The molecular formula is C25H31ClN2O4S. The van der Waals surface area contributed by atoms with E-state index in [1.54, 1.807) is 26.4 Å². The van der Waals surface area contributed by atoms with Crippen LogP contribution in [0.1, 0.15) is 24.0 Å². The molecule has 0 aliphatic carbocycles. The summed E-state index contributed by atoms with van der Waals surface area (Å²) in [5, 5.41) is 1.68. The maximum Gasteiger partial charge on any atom is 0.241 e. The Balaban J connectivity index is 0.00000306. The molecule has 0 radical (unpaired) electrons. The predicted octanol–water partition coefficient (Wildman–Crippen LogP) is 4.40. The Morgan fingerprint density at radius 2 is 1.64 bits per heavy atom. The molecule has 0 unspecified atom stereocenters. The highest BCUT2D eigenvalue weighted by molar-refractivity contribution is 7.89. The van der Waals surface area contributed by atoms with Gasteiger partial charge in [0.05, 0.1) is 19.1 Å². The second-order valence-electron chi connectivity index (χ2n) is 8.08. The van der Waals surface area contributed by atoms with Gasteiger partial charge in [-0.15, -0.1) is 12.4 Å². The lowest BCUT2D eigenvalue weighted by atomic mass is 9.98. The quantitative estimate of drug-likeness (QED) is 0.450. The lowest BCUT2D eigenvalue weighted by Gasteiger charge is -2.29. The molecule has 3 aromatic rings. The van der Waals surface area contributed by atoms with E-state index in [4.69, 9.17) is 9.47 Å². The lowest BCUT2D eigenvalue weighted by Crippen LogP contribution is -2.32. The fraction of sp³-hybridized carbons (Fsp3) is 0.360. The van der Waals surface area contributed by atoms with Crippen LogP contribution in [0.5, 0.6) is 11.5 Å². The van der Waals surface area contributed by atoms with Crippen LogP contribution in [0.15, 0.2) is 59.5 Å². The molecular weight excluding hydrogens is 460 g/mol. The van der Waals surface area contributed by atoms with Crippen LogP contribution in [0.25, 0.3) is 10.8 Å². The number of hydrogen-bond acceptors (Lipinski definition) is 5. The number of hydrogen-bond donors (Lipinski definition) is 1. The highest BCUT2D eigenvalue weighted by Gasteiger charge is 2.20. The molecule has 1 heterocycles. The third kappa shape index (κ3) is 5.79. The molecule has 0 saturated heterocycles. The molecule has 1 aliphatic heterocycles. The van der Waals surface area contributed by atoms with E-state index in [2.05, 4.69) is 21.8 Å². The van der Waals surface area contributed by atoms with Crippen molar-refractivity contribution in [2.75, 3.05) is 33.9 Å². The van der Waals surface area contributed by atoms with Crippen molar-refractivity contribution in [3.8, 4) is 11.5 Å². The average Bonchev–Trinajstić information content (AvgIpc) is 2.82. The van der Waals surface area contributed by atoms with Crippen LogP contribution in [0, 0.1) is 0 Å². The Hall–Kier alpha value is -2.32. The highest BCUT2D eigenvalue weighted by atomic mass is 35.5. The molecule has 0 bridgehead atoms. The van der Waals surface area contributed by atoms with E-state index in [1.807, 2.05) is 30.3 Å². The number of sulfonamides is 1. The monoisotopic (exact) mass is 490 g/mol. The molecule has 0 fully saturated rings. The molecule has 3 aromatic carbocycles. The summed E-state index contributed by atoms with van der Waals surface area (Å²) < 4.78 is 39.3. The van der Waals surface area contributed by atoms with Gasteiger partial charge in [0, 0.05) is 25.0 Å². The van der Waals surface area contributed by atoms with Gasteiger partial charge >= 0.3 is 0 Å².